The molecule has 1 aromatic heterocycles. The molecule has 0 aliphatic carbocycles. The normalized spacial score (nSPS) is 11.6. The summed E-state index contributed by atoms with van der Waals surface area (Å²) in [6.45, 7) is 3.87. The average Bonchev–Trinajstić information content (AvgIpc) is 2.88. The van der Waals surface area contributed by atoms with E-state index in [-0.39, 0.29) is 5.92 Å². The SMILES string of the molecule is CC(C)c1ccccc1NS(=O)(=O)c1[nH]ncc1C(=O)O. The molecular formula is C13H15N3O4S. The molecule has 1 heterocycles. The fourth-order valence-corrected chi connectivity index (χ4v) is 3.10. The first kappa shape index (κ1) is 15.0. The first-order valence-corrected chi connectivity index (χ1v) is 7.69. The number of aromatic carboxylic acids is 1. The topological polar surface area (TPSA) is 112 Å². The molecule has 8 heteroatoms. The number of hydrogen-bond donors (Lipinski definition) is 3. The monoisotopic (exact) mass is 309 g/mol. The van der Waals surface area contributed by atoms with Crippen LogP contribution in [0.4, 0.5) is 5.69 Å². The lowest BCUT2D eigenvalue weighted by Crippen LogP contribution is -2.17. The van der Waals surface area contributed by atoms with Gasteiger partial charge in [-0.25, -0.2) is 4.79 Å². The molecule has 0 bridgehead atoms. The van der Waals surface area contributed by atoms with Crippen molar-refractivity contribution in [3.8, 4) is 0 Å². The Morgan fingerprint density at radius 1 is 1.33 bits per heavy atom. The molecule has 0 fully saturated rings. The highest BCUT2D eigenvalue weighted by Gasteiger charge is 2.25. The van der Waals surface area contributed by atoms with E-state index in [4.69, 9.17) is 5.11 Å². The number of H-pyrrole nitrogens is 1. The number of anilines is 1. The van der Waals surface area contributed by atoms with Crippen LogP contribution >= 0.6 is 0 Å². The van der Waals surface area contributed by atoms with Crippen LogP contribution in [-0.4, -0.2) is 29.7 Å². The maximum atomic E-state index is 12.3. The molecular weight excluding hydrogens is 294 g/mol. The Hall–Kier alpha value is -2.35. The largest absolute Gasteiger partial charge is 0.478 e. The van der Waals surface area contributed by atoms with E-state index in [1.54, 1.807) is 12.1 Å². The lowest BCUT2D eigenvalue weighted by molar-refractivity contribution is 0.0692. The van der Waals surface area contributed by atoms with Gasteiger partial charge >= 0.3 is 5.97 Å². The summed E-state index contributed by atoms with van der Waals surface area (Å²) < 4.78 is 27.0. The zero-order chi connectivity index (χ0) is 15.6. The number of nitrogens with one attached hydrogen (secondary N) is 2. The van der Waals surface area contributed by atoms with Crippen molar-refractivity contribution in [2.75, 3.05) is 4.72 Å². The predicted molar refractivity (Wildman–Crippen MR) is 76.9 cm³/mol. The van der Waals surface area contributed by atoms with Crippen molar-refractivity contribution in [2.24, 2.45) is 0 Å². The van der Waals surface area contributed by atoms with E-state index in [2.05, 4.69) is 14.9 Å². The van der Waals surface area contributed by atoms with Gasteiger partial charge in [0.25, 0.3) is 10.0 Å². The van der Waals surface area contributed by atoms with Gasteiger partial charge in [0.05, 0.1) is 11.9 Å². The second-order valence-electron chi connectivity index (χ2n) is 4.77. The highest BCUT2D eigenvalue weighted by Crippen LogP contribution is 2.26. The quantitative estimate of drug-likeness (QED) is 0.782. The van der Waals surface area contributed by atoms with Crippen LogP contribution in [0.15, 0.2) is 35.5 Å². The third-order valence-electron chi connectivity index (χ3n) is 2.93. The summed E-state index contributed by atoms with van der Waals surface area (Å²) in [7, 11) is -4.05. The van der Waals surface area contributed by atoms with E-state index in [0.717, 1.165) is 11.8 Å². The number of sulfonamides is 1. The van der Waals surface area contributed by atoms with Crippen molar-refractivity contribution < 1.29 is 18.3 Å². The maximum Gasteiger partial charge on any atom is 0.340 e. The fourth-order valence-electron chi connectivity index (χ4n) is 1.92. The molecule has 112 valence electrons. The number of hydrogen-bond acceptors (Lipinski definition) is 4. The lowest BCUT2D eigenvalue weighted by atomic mass is 10.0. The molecule has 1 aromatic carbocycles. The molecule has 0 radical (unpaired) electrons. The summed E-state index contributed by atoms with van der Waals surface area (Å²) in [5.41, 5.74) is 0.834. The number of aromatic amines is 1. The van der Waals surface area contributed by atoms with Crippen LogP contribution in [0.5, 0.6) is 0 Å². The number of aromatic nitrogens is 2. The van der Waals surface area contributed by atoms with Crippen LogP contribution < -0.4 is 4.72 Å². The van der Waals surface area contributed by atoms with E-state index in [9.17, 15) is 13.2 Å². The zero-order valence-corrected chi connectivity index (χ0v) is 12.3. The Morgan fingerprint density at radius 3 is 2.62 bits per heavy atom. The maximum absolute atomic E-state index is 12.3. The predicted octanol–water partition coefficient (Wildman–Crippen LogP) is 2.03. The van der Waals surface area contributed by atoms with Crippen LogP contribution in [0.1, 0.15) is 35.7 Å². The van der Waals surface area contributed by atoms with Gasteiger partial charge in [-0.15, -0.1) is 0 Å². The molecule has 0 aliphatic heterocycles. The molecule has 21 heavy (non-hydrogen) atoms. The highest BCUT2D eigenvalue weighted by atomic mass is 32.2. The van der Waals surface area contributed by atoms with Crippen molar-refractivity contribution >= 4 is 21.7 Å². The van der Waals surface area contributed by atoms with E-state index in [1.807, 2.05) is 26.0 Å². The summed E-state index contributed by atoms with van der Waals surface area (Å²) in [5, 5.41) is 14.2. The van der Waals surface area contributed by atoms with Gasteiger partial charge < -0.3 is 5.11 Å². The van der Waals surface area contributed by atoms with Gasteiger partial charge in [0, 0.05) is 0 Å². The summed E-state index contributed by atoms with van der Waals surface area (Å²) >= 11 is 0. The van der Waals surface area contributed by atoms with Crippen LogP contribution in [0, 0.1) is 0 Å². The van der Waals surface area contributed by atoms with Crippen molar-refractivity contribution in [2.45, 2.75) is 24.8 Å². The second kappa shape index (κ2) is 5.57. The van der Waals surface area contributed by atoms with Gasteiger partial charge in [-0.1, -0.05) is 32.0 Å². The summed E-state index contributed by atoms with van der Waals surface area (Å²) in [6, 6.07) is 6.96. The molecule has 0 spiro atoms. The Balaban J connectivity index is 2.43. The van der Waals surface area contributed by atoms with Crippen molar-refractivity contribution in [1.82, 2.24) is 10.2 Å². The number of rotatable bonds is 5. The molecule has 3 N–H and O–H groups in total. The summed E-state index contributed by atoms with van der Waals surface area (Å²) in [6.07, 6.45) is 0.964. The average molecular weight is 309 g/mol. The van der Waals surface area contributed by atoms with Crippen LogP contribution in [0.25, 0.3) is 0 Å². The Bertz CT molecular complexity index is 765. The van der Waals surface area contributed by atoms with Crippen molar-refractivity contribution in [1.29, 1.82) is 0 Å². The van der Waals surface area contributed by atoms with E-state index < -0.39 is 26.6 Å². The van der Waals surface area contributed by atoms with Gasteiger partial charge in [0.2, 0.25) is 0 Å². The molecule has 2 rings (SSSR count). The van der Waals surface area contributed by atoms with Crippen molar-refractivity contribution in [3.63, 3.8) is 0 Å². The van der Waals surface area contributed by atoms with Gasteiger partial charge in [-0.3, -0.25) is 9.82 Å². The zero-order valence-electron chi connectivity index (χ0n) is 11.5. The van der Waals surface area contributed by atoms with Gasteiger partial charge in [-0.05, 0) is 17.5 Å². The molecule has 0 saturated carbocycles. The van der Waals surface area contributed by atoms with Crippen LogP contribution in [0.3, 0.4) is 0 Å². The smallest absolute Gasteiger partial charge is 0.340 e. The molecule has 0 unspecified atom stereocenters. The Kier molecular flexibility index (Phi) is 3.99. The van der Waals surface area contributed by atoms with Gasteiger partial charge in [0.1, 0.15) is 5.56 Å². The minimum Gasteiger partial charge on any atom is -0.478 e. The lowest BCUT2D eigenvalue weighted by Gasteiger charge is -2.14. The van der Waals surface area contributed by atoms with Crippen LogP contribution in [0.2, 0.25) is 0 Å². The number of carbonyl (C=O) groups is 1. The van der Waals surface area contributed by atoms with E-state index >= 15 is 0 Å². The van der Waals surface area contributed by atoms with E-state index in [1.165, 1.54) is 0 Å². The van der Waals surface area contributed by atoms with Crippen molar-refractivity contribution in [3.05, 3.63) is 41.6 Å². The fraction of sp³-hybridized carbons (Fsp3) is 0.231. The third kappa shape index (κ3) is 3.05. The number of benzene rings is 1. The Morgan fingerprint density at radius 2 is 2.00 bits per heavy atom. The minimum atomic E-state index is -4.05. The third-order valence-corrected chi connectivity index (χ3v) is 4.27. The van der Waals surface area contributed by atoms with Gasteiger partial charge in [0.15, 0.2) is 5.03 Å². The molecule has 0 atom stereocenters. The first-order chi connectivity index (χ1) is 9.83. The molecule has 7 nitrogen and oxygen atoms in total. The van der Waals surface area contributed by atoms with Crippen LogP contribution in [-0.2, 0) is 10.0 Å². The number of nitrogens with zero attached hydrogens (tertiary/aromatic N) is 1. The minimum absolute atomic E-state index is 0.115. The molecule has 0 amide bonds. The van der Waals surface area contributed by atoms with E-state index in [0.29, 0.717) is 5.69 Å². The highest BCUT2D eigenvalue weighted by molar-refractivity contribution is 7.92. The second-order valence-corrected chi connectivity index (χ2v) is 6.38. The Labute approximate surface area is 122 Å². The molecule has 0 aliphatic rings. The standard InChI is InChI=1S/C13H15N3O4S/c1-8(2)9-5-3-4-6-11(9)16-21(19,20)12-10(13(17)18)7-14-15-12/h3-8,16H,1-2H3,(H,14,15)(H,17,18). The summed E-state index contributed by atoms with van der Waals surface area (Å²) in [4.78, 5) is 11.0. The first-order valence-electron chi connectivity index (χ1n) is 6.21. The number of carboxylic acid groups (broad SMARTS) is 1. The number of carboxylic acids is 1. The number of para-hydroxylation sites is 1. The molecule has 0 saturated heterocycles. The summed E-state index contributed by atoms with van der Waals surface area (Å²) in [5.74, 6) is -1.24. The molecule has 2 aromatic rings. The van der Waals surface area contributed by atoms with Gasteiger partial charge in [-0.2, -0.15) is 13.5 Å².